The highest BCUT2D eigenvalue weighted by molar-refractivity contribution is 5.95. The first kappa shape index (κ1) is 23.4. The van der Waals surface area contributed by atoms with Gasteiger partial charge in [-0.05, 0) is 48.6 Å². The number of aromatic amines is 2. The average Bonchev–Trinajstić information content (AvgIpc) is 3.55. The van der Waals surface area contributed by atoms with Gasteiger partial charge in [0.15, 0.2) is 16.9 Å². The summed E-state index contributed by atoms with van der Waals surface area (Å²) in [6.45, 7) is 2.06. The fraction of sp³-hybridized carbons (Fsp3) is 0.179. The van der Waals surface area contributed by atoms with Crippen LogP contribution in [0.5, 0.6) is 5.88 Å². The molecule has 3 heterocycles. The van der Waals surface area contributed by atoms with Crippen LogP contribution in [-0.4, -0.2) is 41.5 Å². The van der Waals surface area contributed by atoms with Crippen molar-refractivity contribution in [2.45, 2.75) is 32.4 Å². The predicted octanol–water partition coefficient (Wildman–Crippen LogP) is 2.54. The summed E-state index contributed by atoms with van der Waals surface area (Å²) in [5.41, 5.74) is 4.67. The summed E-state index contributed by atoms with van der Waals surface area (Å²) >= 11 is 0. The molecule has 0 saturated heterocycles. The second-order valence-corrected chi connectivity index (χ2v) is 9.33. The minimum absolute atomic E-state index is 0.0253. The van der Waals surface area contributed by atoms with Crippen molar-refractivity contribution in [1.82, 2.24) is 24.6 Å². The maximum Gasteiger partial charge on any atom is 0.326 e. The van der Waals surface area contributed by atoms with Gasteiger partial charge < -0.3 is 15.4 Å². The maximum absolute atomic E-state index is 11.9. The number of hydrogen-bond acceptors (Lipinski definition) is 7. The number of carbonyl (C=O) groups excluding carboxylic acids is 1. The Labute approximate surface area is 216 Å². The second-order valence-electron chi connectivity index (χ2n) is 9.33. The lowest BCUT2D eigenvalue weighted by atomic mass is 9.97. The number of nitrogens with zero attached hydrogens (tertiary/aromatic N) is 4. The van der Waals surface area contributed by atoms with Gasteiger partial charge in [0.1, 0.15) is 11.5 Å². The molecule has 4 N–H and O–H groups in total. The van der Waals surface area contributed by atoms with Gasteiger partial charge in [-0.3, -0.25) is 14.8 Å². The summed E-state index contributed by atoms with van der Waals surface area (Å²) in [5.74, 6) is 0.389. The third-order valence-electron chi connectivity index (χ3n) is 6.43. The standard InChI is InChI=1S/C28H25N7O3/c1-16(36)17-6-4-7-18(11-17)22-8-3-2-5-19(22)14-29-24-13-25(31-21-9-10-21)35-26(33-24)20(15-30-35)12-23-27(37)34-28(38)32-23/h2-8,11-13,15,21,29,37H,9-10,14H2,1H3,(H2,32,34,38). The zero-order chi connectivity index (χ0) is 26.2. The van der Waals surface area contributed by atoms with E-state index in [1.807, 2.05) is 54.6 Å². The Morgan fingerprint density at radius 3 is 2.79 bits per heavy atom. The topological polar surface area (TPSA) is 141 Å². The van der Waals surface area contributed by atoms with Crippen molar-refractivity contribution in [3.63, 3.8) is 0 Å². The summed E-state index contributed by atoms with van der Waals surface area (Å²) in [5, 5.41) is 18.5. The van der Waals surface area contributed by atoms with Crippen LogP contribution in [0.2, 0.25) is 0 Å². The molecule has 3 aromatic heterocycles. The Morgan fingerprint density at radius 2 is 2.03 bits per heavy atom. The Morgan fingerprint density at radius 1 is 1.18 bits per heavy atom. The number of carbonyl (C=O) groups is 1. The van der Waals surface area contributed by atoms with Crippen LogP contribution in [0.15, 0.2) is 70.6 Å². The Kier molecular flexibility index (Phi) is 5.83. The number of imidazole rings is 1. The minimum Gasteiger partial charge on any atom is -0.493 e. The van der Waals surface area contributed by atoms with Gasteiger partial charge in [-0.1, -0.05) is 42.5 Å². The molecule has 0 atom stereocenters. The SMILES string of the molecule is CC(=O)c1cccc(-c2ccccc2CNc2cc(=NC3CC3)n3ncc(=Cc4[nH]c(=O)[nH]c4O)c3n2)c1. The summed E-state index contributed by atoms with van der Waals surface area (Å²) in [6.07, 6.45) is 5.32. The third kappa shape index (κ3) is 4.71. The van der Waals surface area contributed by atoms with E-state index in [0.29, 0.717) is 34.3 Å². The molecule has 1 saturated carbocycles. The largest absolute Gasteiger partial charge is 0.493 e. The van der Waals surface area contributed by atoms with Crippen molar-refractivity contribution in [1.29, 1.82) is 0 Å². The molecule has 2 aromatic carbocycles. The van der Waals surface area contributed by atoms with Gasteiger partial charge >= 0.3 is 5.69 Å². The molecule has 0 bridgehead atoms. The molecule has 1 fully saturated rings. The van der Waals surface area contributed by atoms with Crippen LogP contribution in [0.4, 0.5) is 5.82 Å². The molecule has 0 unspecified atom stereocenters. The molecule has 0 spiro atoms. The van der Waals surface area contributed by atoms with Gasteiger partial charge in [0.2, 0.25) is 5.88 Å². The molecule has 6 rings (SSSR count). The van der Waals surface area contributed by atoms with E-state index in [-0.39, 0.29) is 23.4 Å². The van der Waals surface area contributed by atoms with Gasteiger partial charge in [-0.15, -0.1) is 0 Å². The summed E-state index contributed by atoms with van der Waals surface area (Å²) in [4.78, 5) is 37.9. The number of benzene rings is 2. The summed E-state index contributed by atoms with van der Waals surface area (Å²) in [7, 11) is 0. The average molecular weight is 508 g/mol. The summed E-state index contributed by atoms with van der Waals surface area (Å²) < 4.78 is 1.67. The van der Waals surface area contributed by atoms with Crippen LogP contribution in [0, 0.1) is 0 Å². The third-order valence-corrected chi connectivity index (χ3v) is 6.43. The van der Waals surface area contributed by atoms with E-state index >= 15 is 0 Å². The first-order valence-electron chi connectivity index (χ1n) is 12.3. The number of fused-ring (bicyclic) bond motifs is 1. The highest BCUT2D eigenvalue weighted by Gasteiger charge is 2.20. The van der Waals surface area contributed by atoms with Crippen LogP contribution < -0.4 is 21.7 Å². The Bertz CT molecular complexity index is 1860. The van der Waals surface area contributed by atoms with Gasteiger partial charge in [0, 0.05) is 23.4 Å². The minimum atomic E-state index is -0.502. The molecule has 0 aliphatic heterocycles. The number of aromatic nitrogens is 5. The monoisotopic (exact) mass is 507 g/mol. The summed E-state index contributed by atoms with van der Waals surface area (Å²) in [6, 6.07) is 17.8. The number of nitrogens with one attached hydrogen (secondary N) is 3. The molecular weight excluding hydrogens is 482 g/mol. The fourth-order valence-electron chi connectivity index (χ4n) is 4.33. The van der Waals surface area contributed by atoms with E-state index in [1.54, 1.807) is 23.7 Å². The molecule has 190 valence electrons. The maximum atomic E-state index is 11.9. The number of Topliss-reactive ketones (excluding diaryl/α,β-unsaturated/α-hetero) is 1. The molecule has 10 heteroatoms. The molecule has 0 radical (unpaired) electrons. The highest BCUT2D eigenvalue weighted by Crippen LogP contribution is 2.26. The van der Waals surface area contributed by atoms with Crippen molar-refractivity contribution in [3.8, 4) is 17.0 Å². The predicted molar refractivity (Wildman–Crippen MR) is 143 cm³/mol. The highest BCUT2D eigenvalue weighted by atomic mass is 16.3. The van der Waals surface area contributed by atoms with E-state index in [2.05, 4.69) is 20.4 Å². The number of ketones is 1. The van der Waals surface area contributed by atoms with Gasteiger partial charge in [-0.25, -0.2) is 9.78 Å². The van der Waals surface area contributed by atoms with Crippen LogP contribution in [-0.2, 0) is 6.54 Å². The van der Waals surface area contributed by atoms with E-state index in [1.165, 1.54) is 0 Å². The molecule has 5 aromatic rings. The number of hydrogen-bond donors (Lipinski definition) is 4. The Balaban J connectivity index is 1.39. The van der Waals surface area contributed by atoms with Crippen LogP contribution in [0.3, 0.4) is 0 Å². The zero-order valence-corrected chi connectivity index (χ0v) is 20.6. The number of aromatic hydroxyl groups is 1. The van der Waals surface area contributed by atoms with E-state index in [0.717, 1.165) is 29.5 Å². The number of H-pyrrole nitrogens is 2. The lowest BCUT2D eigenvalue weighted by molar-refractivity contribution is 0.101. The smallest absolute Gasteiger partial charge is 0.326 e. The Hall–Kier alpha value is -4.99. The van der Waals surface area contributed by atoms with Crippen LogP contribution >= 0.6 is 0 Å². The number of rotatable bonds is 7. The first-order valence-corrected chi connectivity index (χ1v) is 12.3. The lowest BCUT2D eigenvalue weighted by Gasteiger charge is -2.12. The molecule has 1 aliphatic carbocycles. The zero-order valence-electron chi connectivity index (χ0n) is 20.6. The van der Waals surface area contributed by atoms with Gasteiger partial charge in [0.25, 0.3) is 0 Å². The fourth-order valence-corrected chi connectivity index (χ4v) is 4.33. The van der Waals surface area contributed by atoms with Crippen molar-refractivity contribution in [2.24, 2.45) is 4.99 Å². The van der Waals surface area contributed by atoms with Crippen molar-refractivity contribution >= 4 is 23.3 Å². The normalized spacial score (nSPS) is 14.3. The van der Waals surface area contributed by atoms with Crippen molar-refractivity contribution < 1.29 is 9.90 Å². The number of anilines is 1. The molecule has 10 nitrogen and oxygen atoms in total. The van der Waals surface area contributed by atoms with E-state index in [4.69, 9.17) is 9.98 Å². The first-order chi connectivity index (χ1) is 18.4. The lowest BCUT2D eigenvalue weighted by Crippen LogP contribution is -2.20. The van der Waals surface area contributed by atoms with Gasteiger partial charge in [0.05, 0.1) is 12.2 Å². The van der Waals surface area contributed by atoms with Crippen molar-refractivity contribution in [2.75, 3.05) is 5.32 Å². The second kappa shape index (κ2) is 9.47. The van der Waals surface area contributed by atoms with Crippen LogP contribution in [0.1, 0.15) is 41.4 Å². The van der Waals surface area contributed by atoms with Crippen LogP contribution in [0.25, 0.3) is 22.9 Å². The van der Waals surface area contributed by atoms with Gasteiger partial charge in [-0.2, -0.15) is 9.61 Å². The molecular formula is C28H25N7O3. The van der Waals surface area contributed by atoms with E-state index < -0.39 is 5.69 Å². The van der Waals surface area contributed by atoms with E-state index in [9.17, 15) is 14.7 Å². The molecule has 0 amide bonds. The molecule has 38 heavy (non-hydrogen) atoms. The van der Waals surface area contributed by atoms with Crippen molar-refractivity contribution in [3.05, 3.63) is 98.8 Å². The quantitative estimate of drug-likeness (QED) is 0.250. The molecule has 1 aliphatic rings.